The molecule has 1 saturated heterocycles. The minimum atomic E-state index is -0.399. The highest BCUT2D eigenvalue weighted by molar-refractivity contribution is 6.30. The average Bonchev–Trinajstić information content (AvgIpc) is 2.67. The van der Waals surface area contributed by atoms with Gasteiger partial charge in [0.1, 0.15) is 0 Å². The molecule has 1 aliphatic heterocycles. The summed E-state index contributed by atoms with van der Waals surface area (Å²) in [5.74, 6) is -0.0150. The standard InChI is InChI=1S/C19H21ClN4O3/c20-16-3-1-2-15(12-16)13-21-19(25)14-22-8-10-23(11-9-22)17-4-6-18(7-5-17)24(26)27/h1-7,12H,8-11,13-14H2,(H,21,25). The summed E-state index contributed by atoms with van der Waals surface area (Å²) in [5.41, 5.74) is 2.03. The van der Waals surface area contributed by atoms with Crippen LogP contribution in [0.5, 0.6) is 0 Å². The highest BCUT2D eigenvalue weighted by Crippen LogP contribution is 2.20. The van der Waals surface area contributed by atoms with Gasteiger partial charge in [-0.15, -0.1) is 0 Å². The average molecular weight is 389 g/mol. The van der Waals surface area contributed by atoms with Crippen LogP contribution in [0.1, 0.15) is 5.56 Å². The molecule has 0 unspecified atom stereocenters. The maximum absolute atomic E-state index is 12.2. The number of rotatable bonds is 6. The Morgan fingerprint density at radius 2 is 1.81 bits per heavy atom. The zero-order valence-corrected chi connectivity index (χ0v) is 15.6. The summed E-state index contributed by atoms with van der Waals surface area (Å²) in [5, 5.41) is 14.3. The van der Waals surface area contributed by atoms with Gasteiger partial charge in [-0.05, 0) is 29.8 Å². The Morgan fingerprint density at radius 1 is 1.11 bits per heavy atom. The van der Waals surface area contributed by atoms with E-state index in [1.54, 1.807) is 18.2 Å². The van der Waals surface area contributed by atoms with Crippen LogP contribution in [-0.4, -0.2) is 48.5 Å². The lowest BCUT2D eigenvalue weighted by molar-refractivity contribution is -0.384. The number of halogens is 1. The van der Waals surface area contributed by atoms with Crippen molar-refractivity contribution in [1.29, 1.82) is 0 Å². The summed E-state index contributed by atoms with van der Waals surface area (Å²) in [6.45, 7) is 3.90. The van der Waals surface area contributed by atoms with Crippen LogP contribution in [0.2, 0.25) is 5.02 Å². The second-order valence-corrected chi connectivity index (χ2v) is 6.88. The third-order valence-corrected chi connectivity index (χ3v) is 4.78. The third kappa shape index (κ3) is 5.42. The number of benzene rings is 2. The number of carbonyl (C=O) groups excluding carboxylic acids is 1. The molecule has 1 N–H and O–H groups in total. The van der Waals surface area contributed by atoms with Crippen molar-refractivity contribution in [3.8, 4) is 0 Å². The number of carbonyl (C=O) groups is 1. The molecule has 8 heteroatoms. The minimum Gasteiger partial charge on any atom is -0.369 e. The molecular formula is C19H21ClN4O3. The number of nitro groups is 1. The Hall–Kier alpha value is -2.64. The van der Waals surface area contributed by atoms with Crippen molar-refractivity contribution < 1.29 is 9.72 Å². The van der Waals surface area contributed by atoms with Gasteiger partial charge in [-0.1, -0.05) is 23.7 Å². The zero-order chi connectivity index (χ0) is 19.2. The Labute approximate surface area is 162 Å². The molecule has 0 atom stereocenters. The van der Waals surface area contributed by atoms with E-state index in [0.717, 1.165) is 37.4 Å². The summed E-state index contributed by atoms with van der Waals surface area (Å²) >= 11 is 5.95. The molecule has 1 fully saturated rings. The van der Waals surface area contributed by atoms with Crippen LogP contribution in [0.4, 0.5) is 11.4 Å². The Morgan fingerprint density at radius 3 is 2.44 bits per heavy atom. The first-order chi connectivity index (χ1) is 13.0. The molecule has 1 aliphatic rings. The predicted molar refractivity (Wildman–Crippen MR) is 105 cm³/mol. The van der Waals surface area contributed by atoms with Crippen LogP contribution >= 0.6 is 11.6 Å². The van der Waals surface area contributed by atoms with Gasteiger partial charge < -0.3 is 10.2 Å². The number of nitro benzene ring substituents is 1. The van der Waals surface area contributed by atoms with Crippen LogP contribution in [0.15, 0.2) is 48.5 Å². The third-order valence-electron chi connectivity index (χ3n) is 4.54. The minimum absolute atomic E-state index is 0.0150. The topological polar surface area (TPSA) is 78.7 Å². The van der Waals surface area contributed by atoms with Gasteiger partial charge in [0.25, 0.3) is 5.69 Å². The van der Waals surface area contributed by atoms with Gasteiger partial charge in [0.2, 0.25) is 5.91 Å². The lowest BCUT2D eigenvalue weighted by Crippen LogP contribution is -2.49. The van der Waals surface area contributed by atoms with E-state index < -0.39 is 4.92 Å². The smallest absolute Gasteiger partial charge is 0.269 e. The fraction of sp³-hybridized carbons (Fsp3) is 0.316. The van der Waals surface area contributed by atoms with E-state index >= 15 is 0 Å². The van der Waals surface area contributed by atoms with Crippen molar-refractivity contribution in [2.45, 2.75) is 6.54 Å². The maximum Gasteiger partial charge on any atom is 0.269 e. The van der Waals surface area contributed by atoms with Gasteiger partial charge in [0, 0.05) is 55.6 Å². The quantitative estimate of drug-likeness (QED) is 0.608. The molecule has 0 bridgehead atoms. The molecule has 0 spiro atoms. The van der Waals surface area contributed by atoms with Gasteiger partial charge in [-0.25, -0.2) is 0 Å². The molecule has 0 aliphatic carbocycles. The summed E-state index contributed by atoms with van der Waals surface area (Å²) in [4.78, 5) is 26.8. The van der Waals surface area contributed by atoms with E-state index in [1.807, 2.05) is 18.2 Å². The largest absolute Gasteiger partial charge is 0.369 e. The highest BCUT2D eigenvalue weighted by atomic mass is 35.5. The van der Waals surface area contributed by atoms with E-state index in [9.17, 15) is 14.9 Å². The maximum atomic E-state index is 12.2. The molecule has 1 heterocycles. The molecule has 1 amide bonds. The SMILES string of the molecule is O=C(CN1CCN(c2ccc([N+](=O)[O-])cc2)CC1)NCc1cccc(Cl)c1. The number of nitrogens with one attached hydrogen (secondary N) is 1. The van der Waals surface area contributed by atoms with Crippen molar-refractivity contribution in [2.75, 3.05) is 37.6 Å². The predicted octanol–water partition coefficient (Wildman–Crippen LogP) is 2.69. The molecule has 2 aromatic rings. The van der Waals surface area contributed by atoms with Crippen LogP contribution in [0.3, 0.4) is 0 Å². The van der Waals surface area contributed by atoms with Gasteiger partial charge in [0.05, 0.1) is 11.5 Å². The van der Waals surface area contributed by atoms with E-state index in [4.69, 9.17) is 11.6 Å². The number of piperazine rings is 1. The number of anilines is 1. The number of hydrogen-bond donors (Lipinski definition) is 1. The molecule has 27 heavy (non-hydrogen) atoms. The normalized spacial score (nSPS) is 14.8. The molecule has 0 saturated carbocycles. The van der Waals surface area contributed by atoms with Crippen LogP contribution in [0.25, 0.3) is 0 Å². The number of hydrogen-bond acceptors (Lipinski definition) is 5. The first-order valence-corrected chi connectivity index (χ1v) is 9.12. The first-order valence-electron chi connectivity index (χ1n) is 8.74. The lowest BCUT2D eigenvalue weighted by atomic mass is 10.2. The lowest BCUT2D eigenvalue weighted by Gasteiger charge is -2.35. The monoisotopic (exact) mass is 388 g/mol. The van der Waals surface area contributed by atoms with Crippen molar-refractivity contribution in [1.82, 2.24) is 10.2 Å². The van der Waals surface area contributed by atoms with E-state index in [2.05, 4.69) is 15.1 Å². The summed E-state index contributed by atoms with van der Waals surface area (Å²) in [6.07, 6.45) is 0. The second kappa shape index (κ2) is 8.83. The Balaban J connectivity index is 1.43. The molecule has 7 nitrogen and oxygen atoms in total. The highest BCUT2D eigenvalue weighted by Gasteiger charge is 2.19. The van der Waals surface area contributed by atoms with Crippen LogP contribution in [0, 0.1) is 10.1 Å². The van der Waals surface area contributed by atoms with E-state index in [-0.39, 0.29) is 11.6 Å². The zero-order valence-electron chi connectivity index (χ0n) is 14.8. The van der Waals surface area contributed by atoms with Crippen molar-refractivity contribution in [3.63, 3.8) is 0 Å². The van der Waals surface area contributed by atoms with Crippen molar-refractivity contribution >= 4 is 28.9 Å². The van der Waals surface area contributed by atoms with Crippen LogP contribution < -0.4 is 10.2 Å². The first kappa shape index (κ1) is 19.1. The van der Waals surface area contributed by atoms with Crippen molar-refractivity contribution in [2.24, 2.45) is 0 Å². The second-order valence-electron chi connectivity index (χ2n) is 6.44. The summed E-state index contributed by atoms with van der Waals surface area (Å²) < 4.78 is 0. The molecule has 0 aromatic heterocycles. The van der Waals surface area contributed by atoms with Gasteiger partial charge in [0.15, 0.2) is 0 Å². The molecule has 142 valence electrons. The number of amides is 1. The van der Waals surface area contributed by atoms with Gasteiger partial charge in [-0.3, -0.25) is 19.8 Å². The van der Waals surface area contributed by atoms with E-state index in [1.165, 1.54) is 12.1 Å². The van der Waals surface area contributed by atoms with E-state index in [0.29, 0.717) is 18.1 Å². The molecular weight excluding hydrogens is 368 g/mol. The van der Waals surface area contributed by atoms with Gasteiger partial charge in [-0.2, -0.15) is 0 Å². The fourth-order valence-electron chi connectivity index (χ4n) is 3.06. The van der Waals surface area contributed by atoms with Crippen molar-refractivity contribution in [3.05, 3.63) is 69.2 Å². The van der Waals surface area contributed by atoms with Gasteiger partial charge >= 0.3 is 0 Å². The molecule has 3 rings (SSSR count). The van der Waals surface area contributed by atoms with Crippen LogP contribution in [-0.2, 0) is 11.3 Å². The number of nitrogens with zero attached hydrogens (tertiary/aromatic N) is 3. The Bertz CT molecular complexity index is 805. The summed E-state index contributed by atoms with van der Waals surface area (Å²) in [6, 6.07) is 14.0. The number of non-ortho nitro benzene ring substituents is 1. The molecule has 0 radical (unpaired) electrons. The molecule has 2 aromatic carbocycles. The fourth-order valence-corrected chi connectivity index (χ4v) is 3.27. The summed E-state index contributed by atoms with van der Waals surface area (Å²) in [7, 11) is 0. The Kier molecular flexibility index (Phi) is 6.26.